The van der Waals surface area contributed by atoms with Gasteiger partial charge >= 0.3 is 11.9 Å². The average Bonchev–Trinajstić information content (AvgIpc) is 3.62. The van der Waals surface area contributed by atoms with Crippen molar-refractivity contribution < 1.29 is 38.1 Å². The number of ether oxygens (including phenoxy) is 4. The maximum atomic E-state index is 13.5. The number of esters is 2. The first-order valence-electron chi connectivity index (χ1n) is 15.0. The van der Waals surface area contributed by atoms with Gasteiger partial charge < -0.3 is 29.6 Å². The molecule has 4 rings (SSSR count). The van der Waals surface area contributed by atoms with Crippen LogP contribution in [-0.4, -0.2) is 71.2 Å². The zero-order valence-corrected chi connectivity index (χ0v) is 29.3. The molecule has 2 amide bonds. The van der Waals surface area contributed by atoms with Gasteiger partial charge in [0, 0.05) is 17.3 Å². The van der Waals surface area contributed by atoms with Gasteiger partial charge in [-0.3, -0.25) is 14.2 Å². The number of carbonyl (C=O) groups excluding carboxylic acids is 4. The summed E-state index contributed by atoms with van der Waals surface area (Å²) in [6, 6.07) is 12.5. The summed E-state index contributed by atoms with van der Waals surface area (Å²) in [6.07, 6.45) is 0. The quantitative estimate of drug-likeness (QED) is 0.129. The Labute approximate surface area is 286 Å². The van der Waals surface area contributed by atoms with E-state index in [-0.39, 0.29) is 41.1 Å². The van der Waals surface area contributed by atoms with Crippen molar-refractivity contribution in [2.75, 3.05) is 32.8 Å². The molecule has 2 N–H and O–H groups in total. The van der Waals surface area contributed by atoms with Gasteiger partial charge in [-0.15, -0.1) is 21.5 Å². The molecule has 48 heavy (non-hydrogen) atoms. The molecule has 2 aromatic heterocycles. The van der Waals surface area contributed by atoms with Crippen LogP contribution in [0.15, 0.2) is 47.6 Å². The van der Waals surface area contributed by atoms with Crippen molar-refractivity contribution >= 4 is 51.9 Å². The number of anilines is 1. The lowest BCUT2D eigenvalue weighted by atomic mass is 10.1. The molecule has 0 fully saturated rings. The van der Waals surface area contributed by atoms with E-state index in [0.29, 0.717) is 33.6 Å². The largest absolute Gasteiger partial charge is 0.497 e. The summed E-state index contributed by atoms with van der Waals surface area (Å²) >= 11 is 2.09. The number of nitrogens with zero attached hydrogens (tertiary/aromatic N) is 3. The number of hydrogen-bond donors (Lipinski definition) is 2. The zero-order chi connectivity index (χ0) is 35.0. The summed E-state index contributed by atoms with van der Waals surface area (Å²) in [6.45, 7) is 8.89. The van der Waals surface area contributed by atoms with Crippen LogP contribution in [0.1, 0.15) is 68.1 Å². The number of rotatable bonds is 14. The Morgan fingerprint density at radius 1 is 0.938 bits per heavy atom. The topological polar surface area (TPSA) is 160 Å². The third-order valence-corrected chi connectivity index (χ3v) is 9.19. The number of hydrogen-bond acceptors (Lipinski definition) is 12. The van der Waals surface area contributed by atoms with Crippen LogP contribution in [0.5, 0.6) is 11.5 Å². The van der Waals surface area contributed by atoms with E-state index in [1.165, 1.54) is 14.2 Å². The summed E-state index contributed by atoms with van der Waals surface area (Å²) in [7, 11) is 3.01. The Morgan fingerprint density at radius 3 is 2.23 bits per heavy atom. The first-order chi connectivity index (χ1) is 23.0. The maximum Gasteiger partial charge on any atom is 0.348 e. The zero-order valence-electron chi connectivity index (χ0n) is 27.7. The summed E-state index contributed by atoms with van der Waals surface area (Å²) in [5.41, 5.74) is 2.53. The molecule has 0 aliphatic carbocycles. The molecular formula is C33H37N5O8S2. The van der Waals surface area contributed by atoms with Crippen molar-refractivity contribution in [1.82, 2.24) is 20.1 Å². The number of methoxy groups -OCH3 is 2. The molecule has 0 bridgehead atoms. The van der Waals surface area contributed by atoms with Crippen LogP contribution in [0.2, 0.25) is 0 Å². The highest BCUT2D eigenvalue weighted by Gasteiger charge is 2.29. The number of thiophene rings is 1. The minimum absolute atomic E-state index is 0.0223. The number of nitrogens with one attached hydrogen (secondary N) is 2. The van der Waals surface area contributed by atoms with E-state index >= 15 is 0 Å². The van der Waals surface area contributed by atoms with Gasteiger partial charge in [-0.1, -0.05) is 23.9 Å². The van der Waals surface area contributed by atoms with Crippen molar-refractivity contribution in [2.45, 2.75) is 51.6 Å². The summed E-state index contributed by atoms with van der Waals surface area (Å²) in [5, 5.41) is 14.2. The minimum Gasteiger partial charge on any atom is -0.497 e. The second-order valence-electron chi connectivity index (χ2n) is 10.3. The molecule has 0 radical (unpaired) electrons. The monoisotopic (exact) mass is 695 g/mol. The second kappa shape index (κ2) is 16.3. The second-order valence-corrected chi connectivity index (χ2v) is 12.6. The lowest BCUT2D eigenvalue weighted by Gasteiger charge is -2.15. The third kappa shape index (κ3) is 8.33. The van der Waals surface area contributed by atoms with Crippen molar-refractivity contribution in [3.63, 3.8) is 0 Å². The normalized spacial score (nSPS) is 11.4. The third-order valence-electron chi connectivity index (χ3n) is 6.96. The Balaban J connectivity index is 1.59. The fourth-order valence-electron chi connectivity index (χ4n) is 4.58. The number of aryl methyl sites for hydroxylation is 1. The van der Waals surface area contributed by atoms with Crippen LogP contribution in [-0.2, 0) is 20.8 Å². The fourth-order valence-corrected chi connectivity index (χ4v) is 6.56. The van der Waals surface area contributed by atoms with Gasteiger partial charge in [-0.25, -0.2) is 9.59 Å². The minimum atomic E-state index is -0.729. The van der Waals surface area contributed by atoms with Crippen molar-refractivity contribution in [1.29, 1.82) is 0 Å². The summed E-state index contributed by atoms with van der Waals surface area (Å²) in [4.78, 5) is 52.2. The Morgan fingerprint density at radius 2 is 1.60 bits per heavy atom. The molecule has 4 aromatic rings. The van der Waals surface area contributed by atoms with E-state index in [4.69, 9.17) is 18.9 Å². The predicted octanol–water partition coefficient (Wildman–Crippen LogP) is 5.37. The average molecular weight is 696 g/mol. The molecule has 13 nitrogen and oxygen atoms in total. The molecule has 1 atom stereocenters. The van der Waals surface area contributed by atoms with Gasteiger partial charge in [0.25, 0.3) is 5.91 Å². The Bertz CT molecular complexity index is 1800. The molecule has 15 heteroatoms. The van der Waals surface area contributed by atoms with Crippen LogP contribution in [0.4, 0.5) is 5.00 Å². The molecule has 0 aliphatic heterocycles. The van der Waals surface area contributed by atoms with Gasteiger partial charge in [-0.05, 0) is 70.0 Å². The van der Waals surface area contributed by atoms with E-state index in [0.717, 1.165) is 34.3 Å². The lowest BCUT2D eigenvalue weighted by molar-refractivity contribution is -0.115. The standard InChI is InChI=1S/C33H37N5O8S2/c1-8-45-31(41)26-19(4)27(32(42)46-9-2)48-30(26)35-28(39)20(5)47-33-37-36-25(38(33)22-12-10-11-18(3)13-22)17-34-29(40)21-14-23(43-6)16-24(15-21)44-7/h10-16,20H,8-9,17H2,1-7H3,(H,34,40)(H,35,39)/t20-/m0/s1. The van der Waals surface area contributed by atoms with Crippen LogP contribution in [0.25, 0.3) is 5.69 Å². The molecule has 0 aliphatic rings. The van der Waals surface area contributed by atoms with Gasteiger partial charge in [0.1, 0.15) is 21.4 Å². The molecular weight excluding hydrogens is 659 g/mol. The van der Waals surface area contributed by atoms with E-state index in [1.807, 2.05) is 31.2 Å². The highest BCUT2D eigenvalue weighted by atomic mass is 32.2. The van der Waals surface area contributed by atoms with Crippen LogP contribution < -0.4 is 20.1 Å². The summed E-state index contributed by atoms with van der Waals surface area (Å²) < 4.78 is 22.7. The Kier molecular flexibility index (Phi) is 12.2. The SMILES string of the molecule is CCOC(=O)c1sc(NC(=O)[C@H](C)Sc2nnc(CNC(=O)c3cc(OC)cc(OC)c3)n2-c2cccc(C)c2)c(C(=O)OCC)c1C. The maximum absolute atomic E-state index is 13.5. The van der Waals surface area contributed by atoms with Crippen LogP contribution in [0.3, 0.4) is 0 Å². The first kappa shape index (κ1) is 36.0. The molecule has 0 unspecified atom stereocenters. The predicted molar refractivity (Wildman–Crippen MR) is 182 cm³/mol. The first-order valence-corrected chi connectivity index (χ1v) is 16.7. The van der Waals surface area contributed by atoms with Gasteiger partial charge in [0.15, 0.2) is 11.0 Å². The number of aromatic nitrogens is 3. The molecule has 2 aromatic carbocycles. The fraction of sp³-hybridized carbons (Fsp3) is 0.333. The number of carbonyl (C=O) groups is 4. The van der Waals surface area contributed by atoms with Gasteiger partial charge in [0.05, 0.1) is 44.8 Å². The number of amides is 2. The molecule has 0 saturated heterocycles. The molecule has 2 heterocycles. The number of thioether (sulfide) groups is 1. The van der Waals surface area contributed by atoms with E-state index in [2.05, 4.69) is 20.8 Å². The highest BCUT2D eigenvalue weighted by molar-refractivity contribution is 8.00. The highest BCUT2D eigenvalue weighted by Crippen LogP contribution is 2.35. The van der Waals surface area contributed by atoms with E-state index < -0.39 is 23.1 Å². The molecule has 0 spiro atoms. The smallest absolute Gasteiger partial charge is 0.348 e. The van der Waals surface area contributed by atoms with Crippen molar-refractivity contribution in [3.8, 4) is 17.2 Å². The van der Waals surface area contributed by atoms with Gasteiger partial charge in [0.2, 0.25) is 5.91 Å². The van der Waals surface area contributed by atoms with Crippen molar-refractivity contribution in [3.05, 3.63) is 75.4 Å². The molecule has 0 saturated carbocycles. The van der Waals surface area contributed by atoms with Crippen molar-refractivity contribution in [2.24, 2.45) is 0 Å². The van der Waals surface area contributed by atoms with E-state index in [1.54, 1.807) is 50.5 Å². The molecule has 254 valence electrons. The summed E-state index contributed by atoms with van der Waals surface area (Å²) in [5.74, 6) is -0.700. The van der Waals surface area contributed by atoms with Gasteiger partial charge in [-0.2, -0.15) is 0 Å². The van der Waals surface area contributed by atoms with Crippen LogP contribution >= 0.6 is 23.1 Å². The number of benzene rings is 2. The van der Waals surface area contributed by atoms with E-state index in [9.17, 15) is 19.2 Å². The lowest BCUT2D eigenvalue weighted by Crippen LogP contribution is -2.25. The van der Waals surface area contributed by atoms with Crippen LogP contribution in [0, 0.1) is 13.8 Å². The Hall–Kier alpha value is -4.89.